The molecule has 0 saturated carbocycles. The van der Waals surface area contributed by atoms with Gasteiger partial charge in [-0.3, -0.25) is 5.10 Å². The second-order valence-corrected chi connectivity index (χ2v) is 9.05. The zero-order chi connectivity index (χ0) is 18.1. The van der Waals surface area contributed by atoms with E-state index >= 15 is 0 Å². The van der Waals surface area contributed by atoms with E-state index in [1.54, 1.807) is 0 Å². The van der Waals surface area contributed by atoms with Crippen LogP contribution in [0.15, 0.2) is 12.3 Å². The Bertz CT molecular complexity index is 619. The number of hydrogen-bond acceptors (Lipinski definition) is 4. The standard InChI is InChI=1S/C20H34N4O/c1-19(2)14-20(25-15-19)8-6-16(7-9-20)18-17(12-21-22-18)13-24(5)11-10-23(3)4/h6,12H,7-11,13-15H2,1-5H3,(H,21,22). The summed E-state index contributed by atoms with van der Waals surface area (Å²) in [5.74, 6) is 0. The van der Waals surface area contributed by atoms with E-state index < -0.39 is 0 Å². The number of H-pyrrole nitrogens is 1. The fraction of sp³-hybridized carbons (Fsp3) is 0.750. The molecule has 1 aromatic rings. The van der Waals surface area contributed by atoms with Gasteiger partial charge in [0, 0.05) is 31.4 Å². The molecule has 1 N–H and O–H groups in total. The van der Waals surface area contributed by atoms with Gasteiger partial charge >= 0.3 is 0 Å². The summed E-state index contributed by atoms with van der Waals surface area (Å²) in [6.45, 7) is 8.59. The lowest BCUT2D eigenvalue weighted by atomic mass is 9.76. The van der Waals surface area contributed by atoms with Crippen LogP contribution in [0.3, 0.4) is 0 Å². The van der Waals surface area contributed by atoms with Crippen LogP contribution in [0.1, 0.15) is 50.8 Å². The summed E-state index contributed by atoms with van der Waals surface area (Å²) in [5.41, 5.74) is 4.24. The molecule has 5 nitrogen and oxygen atoms in total. The number of aromatic nitrogens is 2. The maximum absolute atomic E-state index is 6.23. The molecule has 2 aliphatic rings. The molecule has 1 spiro atoms. The van der Waals surface area contributed by atoms with Gasteiger partial charge < -0.3 is 14.5 Å². The minimum atomic E-state index is 0.0754. The summed E-state index contributed by atoms with van der Waals surface area (Å²) < 4.78 is 6.23. The SMILES string of the molecule is CN(C)CCN(C)Cc1c[nH]nc1C1=CCC2(CC1)CC(C)(C)CO2. The van der Waals surface area contributed by atoms with Gasteiger partial charge in [-0.15, -0.1) is 0 Å². The lowest BCUT2D eigenvalue weighted by Gasteiger charge is -2.32. The van der Waals surface area contributed by atoms with Crippen LogP contribution in [0.25, 0.3) is 5.57 Å². The van der Waals surface area contributed by atoms with Gasteiger partial charge in [0.1, 0.15) is 0 Å². The highest BCUT2D eigenvalue weighted by molar-refractivity contribution is 5.66. The molecule has 0 bridgehead atoms. The summed E-state index contributed by atoms with van der Waals surface area (Å²) in [5, 5.41) is 7.64. The first kappa shape index (κ1) is 18.6. The third kappa shape index (κ3) is 4.52. The fourth-order valence-electron chi connectivity index (χ4n) is 4.16. The van der Waals surface area contributed by atoms with E-state index in [-0.39, 0.29) is 5.60 Å². The largest absolute Gasteiger partial charge is 0.374 e. The lowest BCUT2D eigenvalue weighted by molar-refractivity contribution is -0.00367. The first-order chi connectivity index (χ1) is 11.8. The number of rotatable bonds is 6. The highest BCUT2D eigenvalue weighted by Gasteiger charge is 2.45. The van der Waals surface area contributed by atoms with Crippen molar-refractivity contribution in [3.05, 3.63) is 23.5 Å². The van der Waals surface area contributed by atoms with Gasteiger partial charge in [-0.05, 0) is 57.8 Å². The molecule has 1 aromatic heterocycles. The Balaban J connectivity index is 1.64. The Hall–Kier alpha value is -1.17. The van der Waals surface area contributed by atoms with Crippen LogP contribution < -0.4 is 0 Å². The van der Waals surface area contributed by atoms with Crippen LogP contribution in [0.5, 0.6) is 0 Å². The molecular formula is C20H34N4O. The van der Waals surface area contributed by atoms with Gasteiger partial charge in [0.2, 0.25) is 0 Å². The molecule has 1 aliphatic carbocycles. The molecule has 1 unspecified atom stereocenters. The van der Waals surface area contributed by atoms with Crippen molar-refractivity contribution < 1.29 is 4.74 Å². The quantitative estimate of drug-likeness (QED) is 0.859. The predicted molar refractivity (Wildman–Crippen MR) is 102 cm³/mol. The molecule has 1 atom stereocenters. The van der Waals surface area contributed by atoms with Crippen LogP contribution in [-0.4, -0.2) is 66.4 Å². The van der Waals surface area contributed by atoms with Gasteiger partial charge in [0.25, 0.3) is 0 Å². The van der Waals surface area contributed by atoms with Crippen molar-refractivity contribution in [2.45, 2.75) is 51.7 Å². The number of nitrogens with one attached hydrogen (secondary N) is 1. The molecule has 1 aliphatic heterocycles. The van der Waals surface area contributed by atoms with E-state index in [1.807, 2.05) is 0 Å². The Morgan fingerprint density at radius 2 is 2.04 bits per heavy atom. The first-order valence-electron chi connectivity index (χ1n) is 9.48. The molecule has 1 fully saturated rings. The second-order valence-electron chi connectivity index (χ2n) is 9.05. The van der Waals surface area contributed by atoms with Crippen LogP contribution in [0.2, 0.25) is 0 Å². The minimum Gasteiger partial charge on any atom is -0.374 e. The van der Waals surface area contributed by atoms with Gasteiger partial charge in [-0.1, -0.05) is 19.9 Å². The van der Waals surface area contributed by atoms with Crippen molar-refractivity contribution in [3.63, 3.8) is 0 Å². The van der Waals surface area contributed by atoms with Crippen molar-refractivity contribution in [3.8, 4) is 0 Å². The van der Waals surface area contributed by atoms with Crippen LogP contribution in [0, 0.1) is 5.41 Å². The van der Waals surface area contributed by atoms with E-state index in [2.05, 4.69) is 67.3 Å². The number of nitrogens with zero attached hydrogens (tertiary/aromatic N) is 3. The normalized spacial score (nSPS) is 26.0. The number of aromatic amines is 1. The van der Waals surface area contributed by atoms with E-state index in [0.717, 1.165) is 51.2 Å². The minimum absolute atomic E-state index is 0.0754. The molecular weight excluding hydrogens is 312 g/mol. The summed E-state index contributed by atoms with van der Waals surface area (Å²) in [6.07, 6.45) is 8.81. The average Bonchev–Trinajstić information content (AvgIpc) is 3.11. The lowest BCUT2D eigenvalue weighted by Crippen LogP contribution is -2.30. The number of hydrogen-bond donors (Lipinski definition) is 1. The van der Waals surface area contributed by atoms with Crippen molar-refractivity contribution >= 4 is 5.57 Å². The molecule has 5 heteroatoms. The average molecular weight is 347 g/mol. The van der Waals surface area contributed by atoms with E-state index in [0.29, 0.717) is 5.41 Å². The topological polar surface area (TPSA) is 44.4 Å². The van der Waals surface area contributed by atoms with Crippen molar-refractivity contribution in [2.24, 2.45) is 5.41 Å². The summed E-state index contributed by atoms with van der Waals surface area (Å²) in [6, 6.07) is 0. The highest BCUT2D eigenvalue weighted by atomic mass is 16.5. The summed E-state index contributed by atoms with van der Waals surface area (Å²) in [4.78, 5) is 4.58. The number of likely N-dealkylation sites (N-methyl/N-ethyl adjacent to an activating group) is 2. The Labute approximate surface area is 152 Å². The zero-order valence-electron chi connectivity index (χ0n) is 16.6. The first-order valence-corrected chi connectivity index (χ1v) is 9.48. The molecule has 0 aromatic carbocycles. The van der Waals surface area contributed by atoms with Crippen molar-refractivity contribution in [1.82, 2.24) is 20.0 Å². The van der Waals surface area contributed by atoms with Crippen LogP contribution >= 0.6 is 0 Å². The predicted octanol–water partition coefficient (Wildman–Crippen LogP) is 3.16. The molecule has 25 heavy (non-hydrogen) atoms. The molecule has 0 amide bonds. The molecule has 0 radical (unpaired) electrons. The molecule has 1 saturated heterocycles. The van der Waals surface area contributed by atoms with Gasteiger partial charge in [0.15, 0.2) is 0 Å². The molecule has 2 heterocycles. The van der Waals surface area contributed by atoms with E-state index in [1.165, 1.54) is 17.6 Å². The third-order valence-electron chi connectivity index (χ3n) is 5.53. The maximum Gasteiger partial charge on any atom is 0.0922 e. The third-order valence-corrected chi connectivity index (χ3v) is 5.53. The monoisotopic (exact) mass is 346 g/mol. The summed E-state index contributed by atoms with van der Waals surface area (Å²) >= 11 is 0. The smallest absolute Gasteiger partial charge is 0.0922 e. The maximum atomic E-state index is 6.23. The van der Waals surface area contributed by atoms with Gasteiger partial charge in [-0.25, -0.2) is 0 Å². The zero-order valence-corrected chi connectivity index (χ0v) is 16.6. The molecule has 140 valence electrons. The molecule has 3 rings (SSSR count). The highest BCUT2D eigenvalue weighted by Crippen LogP contribution is 2.47. The van der Waals surface area contributed by atoms with Gasteiger partial charge in [0.05, 0.1) is 17.9 Å². The van der Waals surface area contributed by atoms with E-state index in [9.17, 15) is 0 Å². The Kier molecular flexibility index (Phi) is 5.37. The van der Waals surface area contributed by atoms with Crippen molar-refractivity contribution in [2.75, 3.05) is 40.8 Å². The van der Waals surface area contributed by atoms with Gasteiger partial charge in [-0.2, -0.15) is 5.10 Å². The number of ether oxygens (including phenoxy) is 1. The Morgan fingerprint density at radius 3 is 2.64 bits per heavy atom. The fourth-order valence-corrected chi connectivity index (χ4v) is 4.16. The van der Waals surface area contributed by atoms with Crippen LogP contribution in [0.4, 0.5) is 0 Å². The van der Waals surface area contributed by atoms with Crippen molar-refractivity contribution in [1.29, 1.82) is 0 Å². The van der Waals surface area contributed by atoms with Crippen LogP contribution in [-0.2, 0) is 11.3 Å². The number of allylic oxidation sites excluding steroid dienone is 1. The summed E-state index contributed by atoms with van der Waals surface area (Å²) in [7, 11) is 6.41. The van der Waals surface area contributed by atoms with E-state index in [4.69, 9.17) is 4.74 Å². The second kappa shape index (κ2) is 7.22. The Morgan fingerprint density at radius 1 is 1.24 bits per heavy atom.